The average Bonchev–Trinajstić information content (AvgIpc) is 3.22. The lowest BCUT2D eigenvalue weighted by atomic mass is 9.93. The van der Waals surface area contributed by atoms with Gasteiger partial charge in [0, 0.05) is 0 Å². The number of aryl methyl sites for hydroxylation is 1. The summed E-state index contributed by atoms with van der Waals surface area (Å²) in [6, 6.07) is 26.6. The second kappa shape index (κ2) is 8.12. The second-order valence-corrected chi connectivity index (χ2v) is 9.57. The summed E-state index contributed by atoms with van der Waals surface area (Å²) in [4.78, 5) is 4.65. The highest BCUT2D eigenvalue weighted by Gasteiger charge is 2.31. The van der Waals surface area contributed by atoms with Gasteiger partial charge in [-0.15, -0.1) is 5.10 Å². The molecule has 1 aliphatic rings. The average molecular weight is 446 g/mol. The molecule has 0 saturated heterocycles. The molecule has 2 heterocycles. The minimum Gasteiger partial charge on any atom is -0.347 e. The van der Waals surface area contributed by atoms with Gasteiger partial charge in [-0.05, 0) is 36.6 Å². The van der Waals surface area contributed by atoms with Crippen molar-refractivity contribution in [3.63, 3.8) is 0 Å². The molecule has 7 nitrogen and oxygen atoms in total. The standard InChI is InChI=1S/C24H23N5O2S/c1-17-12-14-19(15-13-17)22-16-21(18-8-4-2-5-9-18)25-24-26-23(27-29(22)24)28-32(30,31)20-10-6-3-7-11-20/h2-15,21-22H,16H2,1H3,(H2,25,26,27,28)/t21-,22+/m1/s1. The fraction of sp³-hybridized carbons (Fsp3) is 0.167. The van der Waals surface area contributed by atoms with Crippen molar-refractivity contribution >= 4 is 21.9 Å². The van der Waals surface area contributed by atoms with Crippen molar-refractivity contribution in [3.05, 3.63) is 102 Å². The Kier molecular flexibility index (Phi) is 5.14. The minimum absolute atomic E-state index is 0.0257. The van der Waals surface area contributed by atoms with Crippen LogP contribution >= 0.6 is 0 Å². The molecule has 0 aliphatic carbocycles. The van der Waals surface area contributed by atoms with Crippen LogP contribution in [0, 0.1) is 6.92 Å². The summed E-state index contributed by atoms with van der Waals surface area (Å²) in [5, 5.41) is 7.95. The number of aromatic nitrogens is 3. The van der Waals surface area contributed by atoms with Gasteiger partial charge in [-0.3, -0.25) is 0 Å². The molecule has 2 N–H and O–H groups in total. The number of anilines is 2. The van der Waals surface area contributed by atoms with Gasteiger partial charge < -0.3 is 5.32 Å². The highest BCUT2D eigenvalue weighted by Crippen LogP contribution is 2.38. The molecule has 0 saturated carbocycles. The number of nitrogens with zero attached hydrogens (tertiary/aromatic N) is 3. The maximum Gasteiger partial charge on any atom is 0.264 e. The molecule has 4 aromatic rings. The molecule has 1 aliphatic heterocycles. The highest BCUT2D eigenvalue weighted by molar-refractivity contribution is 7.92. The van der Waals surface area contributed by atoms with E-state index in [2.05, 4.69) is 63.4 Å². The van der Waals surface area contributed by atoms with Crippen molar-refractivity contribution in [2.24, 2.45) is 0 Å². The first-order valence-corrected chi connectivity index (χ1v) is 11.9. The van der Waals surface area contributed by atoms with Crippen molar-refractivity contribution in [1.82, 2.24) is 14.8 Å². The van der Waals surface area contributed by atoms with E-state index in [4.69, 9.17) is 0 Å². The molecular weight excluding hydrogens is 422 g/mol. The topological polar surface area (TPSA) is 88.9 Å². The summed E-state index contributed by atoms with van der Waals surface area (Å²) in [6.07, 6.45) is 0.758. The maximum atomic E-state index is 12.8. The van der Waals surface area contributed by atoms with Gasteiger partial charge in [0.25, 0.3) is 16.0 Å². The Morgan fingerprint density at radius 3 is 2.25 bits per heavy atom. The number of fused-ring (bicyclic) bond motifs is 1. The molecule has 0 unspecified atom stereocenters. The first-order valence-electron chi connectivity index (χ1n) is 10.4. The van der Waals surface area contributed by atoms with E-state index < -0.39 is 10.0 Å². The van der Waals surface area contributed by atoms with Crippen molar-refractivity contribution in [3.8, 4) is 0 Å². The van der Waals surface area contributed by atoms with E-state index in [-0.39, 0.29) is 22.9 Å². The number of sulfonamides is 1. The number of rotatable bonds is 5. The summed E-state index contributed by atoms with van der Waals surface area (Å²) in [6.45, 7) is 2.05. The first-order chi connectivity index (χ1) is 15.5. The summed E-state index contributed by atoms with van der Waals surface area (Å²) in [5.41, 5.74) is 3.42. The van der Waals surface area contributed by atoms with Crippen LogP contribution in [0.2, 0.25) is 0 Å². The van der Waals surface area contributed by atoms with Gasteiger partial charge in [-0.2, -0.15) is 4.98 Å². The fourth-order valence-electron chi connectivity index (χ4n) is 3.97. The van der Waals surface area contributed by atoms with Gasteiger partial charge in [0.05, 0.1) is 17.0 Å². The van der Waals surface area contributed by atoms with Gasteiger partial charge in [0.1, 0.15) is 0 Å². The predicted molar refractivity (Wildman–Crippen MR) is 124 cm³/mol. The van der Waals surface area contributed by atoms with E-state index in [1.807, 2.05) is 18.2 Å². The lowest BCUT2D eigenvalue weighted by Crippen LogP contribution is -2.28. The van der Waals surface area contributed by atoms with Crippen molar-refractivity contribution in [2.75, 3.05) is 10.0 Å². The van der Waals surface area contributed by atoms with Gasteiger partial charge in [-0.25, -0.2) is 17.8 Å². The van der Waals surface area contributed by atoms with Crippen molar-refractivity contribution in [2.45, 2.75) is 30.3 Å². The summed E-state index contributed by atoms with van der Waals surface area (Å²) < 4.78 is 29.8. The van der Waals surface area contributed by atoms with Crippen LogP contribution in [0.25, 0.3) is 0 Å². The van der Waals surface area contributed by atoms with Gasteiger partial charge in [0.15, 0.2) is 0 Å². The summed E-state index contributed by atoms with van der Waals surface area (Å²) in [5.74, 6) is 0.573. The Hall–Kier alpha value is -3.65. The first kappa shape index (κ1) is 20.3. The zero-order valence-electron chi connectivity index (χ0n) is 17.5. The van der Waals surface area contributed by atoms with Crippen LogP contribution in [0.3, 0.4) is 0 Å². The largest absolute Gasteiger partial charge is 0.347 e. The van der Waals surface area contributed by atoms with E-state index in [0.717, 1.165) is 17.5 Å². The van der Waals surface area contributed by atoms with Gasteiger partial charge in [-0.1, -0.05) is 78.4 Å². The molecule has 5 rings (SSSR count). The lowest BCUT2D eigenvalue weighted by Gasteiger charge is -2.31. The molecule has 162 valence electrons. The summed E-state index contributed by atoms with van der Waals surface area (Å²) in [7, 11) is -3.78. The third kappa shape index (κ3) is 3.97. The second-order valence-electron chi connectivity index (χ2n) is 7.89. The van der Waals surface area contributed by atoms with Crippen LogP contribution in [0.4, 0.5) is 11.9 Å². The minimum atomic E-state index is -3.78. The van der Waals surface area contributed by atoms with Crippen molar-refractivity contribution < 1.29 is 8.42 Å². The molecular formula is C24H23N5O2S. The molecule has 3 aromatic carbocycles. The molecule has 0 spiro atoms. The molecule has 0 fully saturated rings. The van der Waals surface area contributed by atoms with E-state index >= 15 is 0 Å². The van der Waals surface area contributed by atoms with Crippen molar-refractivity contribution in [1.29, 1.82) is 0 Å². The van der Waals surface area contributed by atoms with E-state index in [0.29, 0.717) is 5.95 Å². The van der Waals surface area contributed by atoms with Crippen LogP contribution in [0.15, 0.2) is 89.8 Å². The monoisotopic (exact) mass is 445 g/mol. The maximum absolute atomic E-state index is 12.8. The van der Waals surface area contributed by atoms with Crippen LogP contribution < -0.4 is 10.0 Å². The predicted octanol–water partition coefficient (Wildman–Crippen LogP) is 4.53. The normalized spacial score (nSPS) is 17.9. The fourth-order valence-corrected chi connectivity index (χ4v) is 4.93. The Balaban J connectivity index is 1.52. The SMILES string of the molecule is Cc1ccc([C@@H]2C[C@H](c3ccccc3)Nc3nc(NS(=O)(=O)c4ccccc4)nn32)cc1. The van der Waals surface area contributed by atoms with E-state index in [9.17, 15) is 8.42 Å². The molecule has 32 heavy (non-hydrogen) atoms. The quantitative estimate of drug-likeness (QED) is 0.471. The molecule has 0 radical (unpaired) electrons. The molecule has 8 heteroatoms. The Morgan fingerprint density at radius 1 is 0.906 bits per heavy atom. The Bertz CT molecular complexity index is 1320. The van der Waals surface area contributed by atoms with E-state index in [1.54, 1.807) is 22.9 Å². The highest BCUT2D eigenvalue weighted by atomic mass is 32.2. The Labute approximate surface area is 187 Å². The van der Waals surface area contributed by atoms with Crippen LogP contribution in [-0.2, 0) is 10.0 Å². The smallest absolute Gasteiger partial charge is 0.264 e. The van der Waals surface area contributed by atoms with Gasteiger partial charge >= 0.3 is 0 Å². The molecule has 2 atom stereocenters. The molecule has 0 bridgehead atoms. The lowest BCUT2D eigenvalue weighted by molar-refractivity contribution is 0.431. The summed E-state index contributed by atoms with van der Waals surface area (Å²) >= 11 is 0. The zero-order chi connectivity index (χ0) is 22.1. The van der Waals surface area contributed by atoms with Gasteiger partial charge in [0.2, 0.25) is 5.95 Å². The zero-order valence-corrected chi connectivity index (χ0v) is 18.3. The third-order valence-electron chi connectivity index (χ3n) is 5.63. The van der Waals surface area contributed by atoms with E-state index in [1.165, 1.54) is 17.7 Å². The number of hydrogen-bond acceptors (Lipinski definition) is 5. The third-order valence-corrected chi connectivity index (χ3v) is 6.98. The van der Waals surface area contributed by atoms with Crippen LogP contribution in [0.1, 0.15) is 35.2 Å². The number of nitrogens with one attached hydrogen (secondary N) is 2. The van der Waals surface area contributed by atoms with Crippen LogP contribution in [-0.4, -0.2) is 23.2 Å². The Morgan fingerprint density at radius 2 is 1.56 bits per heavy atom. The number of hydrogen-bond donors (Lipinski definition) is 2. The number of benzene rings is 3. The molecule has 1 aromatic heterocycles. The molecule has 0 amide bonds. The van der Waals surface area contributed by atoms with Crippen LogP contribution in [0.5, 0.6) is 0 Å².